The molecule has 0 saturated carbocycles. The SMILES string of the molecule is Cc1onc(-c2cc[c]cc2)c1C. The Bertz CT molecular complexity index is 403. The van der Waals surface area contributed by atoms with Crippen molar-refractivity contribution in [3.05, 3.63) is 41.7 Å². The molecule has 0 aliphatic carbocycles. The van der Waals surface area contributed by atoms with Crippen LogP contribution in [-0.4, -0.2) is 5.16 Å². The fourth-order valence-corrected chi connectivity index (χ4v) is 1.23. The molecule has 13 heavy (non-hydrogen) atoms. The summed E-state index contributed by atoms with van der Waals surface area (Å²) in [6.45, 7) is 3.93. The van der Waals surface area contributed by atoms with Crippen molar-refractivity contribution in [3.63, 3.8) is 0 Å². The average molecular weight is 172 g/mol. The molecule has 2 nitrogen and oxygen atoms in total. The Kier molecular flexibility index (Phi) is 1.89. The second kappa shape index (κ2) is 3.05. The van der Waals surface area contributed by atoms with Crippen LogP contribution < -0.4 is 0 Å². The maximum Gasteiger partial charge on any atom is 0.137 e. The van der Waals surface area contributed by atoms with E-state index in [9.17, 15) is 0 Å². The van der Waals surface area contributed by atoms with E-state index >= 15 is 0 Å². The molecule has 0 atom stereocenters. The Balaban J connectivity index is 2.53. The van der Waals surface area contributed by atoms with Crippen LogP contribution in [-0.2, 0) is 0 Å². The van der Waals surface area contributed by atoms with Gasteiger partial charge in [-0.3, -0.25) is 0 Å². The zero-order valence-corrected chi connectivity index (χ0v) is 7.66. The Morgan fingerprint density at radius 3 is 2.46 bits per heavy atom. The maximum atomic E-state index is 5.09. The van der Waals surface area contributed by atoms with Crippen molar-refractivity contribution in [2.75, 3.05) is 0 Å². The molecular formula is C11H10NO. The first-order valence-electron chi connectivity index (χ1n) is 4.18. The lowest BCUT2D eigenvalue weighted by molar-refractivity contribution is 0.398. The van der Waals surface area contributed by atoms with E-state index in [-0.39, 0.29) is 0 Å². The van der Waals surface area contributed by atoms with E-state index in [0.29, 0.717) is 0 Å². The van der Waals surface area contributed by atoms with Crippen molar-refractivity contribution in [1.82, 2.24) is 5.16 Å². The Morgan fingerprint density at radius 1 is 1.23 bits per heavy atom. The third-order valence-corrected chi connectivity index (χ3v) is 2.15. The van der Waals surface area contributed by atoms with Gasteiger partial charge in [0.05, 0.1) is 0 Å². The molecule has 0 spiro atoms. The predicted molar refractivity (Wildman–Crippen MR) is 50.2 cm³/mol. The van der Waals surface area contributed by atoms with Crippen molar-refractivity contribution in [1.29, 1.82) is 0 Å². The molecule has 0 bridgehead atoms. The van der Waals surface area contributed by atoms with Crippen LogP contribution in [0.5, 0.6) is 0 Å². The molecule has 0 unspecified atom stereocenters. The largest absolute Gasteiger partial charge is 0.361 e. The van der Waals surface area contributed by atoms with Gasteiger partial charge in [0.2, 0.25) is 0 Å². The summed E-state index contributed by atoms with van der Waals surface area (Å²) < 4.78 is 5.09. The summed E-state index contributed by atoms with van der Waals surface area (Å²) in [5, 5.41) is 4.00. The van der Waals surface area contributed by atoms with Crippen LogP contribution >= 0.6 is 0 Å². The van der Waals surface area contributed by atoms with Crippen LogP contribution in [0.2, 0.25) is 0 Å². The molecule has 2 aromatic rings. The monoisotopic (exact) mass is 172 g/mol. The molecule has 1 aromatic carbocycles. The lowest BCUT2D eigenvalue weighted by Gasteiger charge is -1.94. The second-order valence-corrected chi connectivity index (χ2v) is 3.00. The van der Waals surface area contributed by atoms with Gasteiger partial charge in [0.1, 0.15) is 11.5 Å². The Hall–Kier alpha value is -1.57. The van der Waals surface area contributed by atoms with Gasteiger partial charge in [0.15, 0.2) is 0 Å². The van der Waals surface area contributed by atoms with Gasteiger partial charge in [-0.05, 0) is 19.9 Å². The lowest BCUT2D eigenvalue weighted by Crippen LogP contribution is -1.79. The lowest BCUT2D eigenvalue weighted by atomic mass is 10.1. The van der Waals surface area contributed by atoms with E-state index in [1.165, 1.54) is 0 Å². The first-order chi connectivity index (χ1) is 6.29. The van der Waals surface area contributed by atoms with Crippen LogP contribution in [0.1, 0.15) is 11.3 Å². The van der Waals surface area contributed by atoms with Gasteiger partial charge in [-0.25, -0.2) is 0 Å². The highest BCUT2D eigenvalue weighted by Crippen LogP contribution is 2.23. The van der Waals surface area contributed by atoms with Gasteiger partial charge < -0.3 is 4.52 Å². The van der Waals surface area contributed by atoms with E-state index in [1.807, 2.05) is 38.1 Å². The van der Waals surface area contributed by atoms with Gasteiger partial charge in [0.25, 0.3) is 0 Å². The minimum Gasteiger partial charge on any atom is -0.361 e. The molecule has 1 radical (unpaired) electrons. The van der Waals surface area contributed by atoms with Crippen LogP contribution in [0, 0.1) is 19.9 Å². The topological polar surface area (TPSA) is 26.0 Å². The highest BCUT2D eigenvalue weighted by molar-refractivity contribution is 5.62. The fourth-order valence-electron chi connectivity index (χ4n) is 1.23. The smallest absolute Gasteiger partial charge is 0.137 e. The number of aryl methyl sites for hydroxylation is 1. The molecular weight excluding hydrogens is 162 g/mol. The Labute approximate surface area is 77.2 Å². The van der Waals surface area contributed by atoms with Gasteiger partial charge >= 0.3 is 0 Å². The van der Waals surface area contributed by atoms with E-state index in [0.717, 1.165) is 22.6 Å². The molecule has 0 saturated heterocycles. The van der Waals surface area contributed by atoms with Gasteiger partial charge in [-0.15, -0.1) is 0 Å². The van der Waals surface area contributed by atoms with Crippen molar-refractivity contribution < 1.29 is 4.52 Å². The summed E-state index contributed by atoms with van der Waals surface area (Å²) in [7, 11) is 0. The number of nitrogens with zero attached hydrogens (tertiary/aromatic N) is 1. The predicted octanol–water partition coefficient (Wildman–Crippen LogP) is 2.76. The molecule has 1 heterocycles. The van der Waals surface area contributed by atoms with Crippen LogP contribution in [0.15, 0.2) is 28.8 Å². The highest BCUT2D eigenvalue weighted by atomic mass is 16.5. The van der Waals surface area contributed by atoms with Gasteiger partial charge in [-0.2, -0.15) is 0 Å². The summed E-state index contributed by atoms with van der Waals surface area (Å²) in [6, 6.07) is 10.7. The molecule has 2 rings (SSSR count). The van der Waals surface area contributed by atoms with Crippen molar-refractivity contribution in [2.45, 2.75) is 13.8 Å². The number of rotatable bonds is 1. The number of aromatic nitrogens is 1. The van der Waals surface area contributed by atoms with Gasteiger partial charge in [0, 0.05) is 11.1 Å². The zero-order valence-electron chi connectivity index (χ0n) is 7.66. The molecule has 0 aliphatic rings. The molecule has 1 aromatic heterocycles. The second-order valence-electron chi connectivity index (χ2n) is 3.00. The number of hydrogen-bond acceptors (Lipinski definition) is 2. The molecule has 0 aliphatic heterocycles. The minimum absolute atomic E-state index is 0.878. The molecule has 0 fully saturated rings. The fraction of sp³-hybridized carbons (Fsp3) is 0.182. The average Bonchev–Trinajstić information content (AvgIpc) is 2.49. The van der Waals surface area contributed by atoms with E-state index in [2.05, 4.69) is 11.2 Å². The van der Waals surface area contributed by atoms with Crippen molar-refractivity contribution >= 4 is 0 Å². The quantitative estimate of drug-likeness (QED) is 0.661. The number of benzene rings is 1. The first kappa shape index (κ1) is 8.05. The maximum absolute atomic E-state index is 5.09. The number of hydrogen-bond donors (Lipinski definition) is 0. The van der Waals surface area contributed by atoms with Crippen LogP contribution in [0.25, 0.3) is 11.3 Å². The van der Waals surface area contributed by atoms with Gasteiger partial charge in [-0.1, -0.05) is 29.4 Å². The van der Waals surface area contributed by atoms with Crippen LogP contribution in [0.4, 0.5) is 0 Å². The van der Waals surface area contributed by atoms with Crippen molar-refractivity contribution in [3.8, 4) is 11.3 Å². The molecule has 65 valence electrons. The van der Waals surface area contributed by atoms with E-state index in [1.54, 1.807) is 0 Å². The minimum atomic E-state index is 0.878. The summed E-state index contributed by atoms with van der Waals surface area (Å²) in [6.07, 6.45) is 0. The summed E-state index contributed by atoms with van der Waals surface area (Å²) in [5.41, 5.74) is 3.10. The normalized spacial score (nSPS) is 10.3. The van der Waals surface area contributed by atoms with E-state index in [4.69, 9.17) is 4.52 Å². The molecule has 0 N–H and O–H groups in total. The highest BCUT2D eigenvalue weighted by Gasteiger charge is 2.08. The summed E-state index contributed by atoms with van der Waals surface area (Å²) >= 11 is 0. The van der Waals surface area contributed by atoms with Crippen molar-refractivity contribution in [2.24, 2.45) is 0 Å². The zero-order chi connectivity index (χ0) is 9.26. The third-order valence-electron chi connectivity index (χ3n) is 2.15. The first-order valence-corrected chi connectivity index (χ1v) is 4.18. The standard InChI is InChI=1S/C11H10NO/c1-8-9(2)13-12-11(8)10-6-4-3-5-7-10/h4-7H,1-2H3. The summed E-state index contributed by atoms with van der Waals surface area (Å²) in [5.74, 6) is 0.878. The third kappa shape index (κ3) is 1.35. The Morgan fingerprint density at radius 2 is 1.92 bits per heavy atom. The van der Waals surface area contributed by atoms with E-state index < -0.39 is 0 Å². The summed E-state index contributed by atoms with van der Waals surface area (Å²) in [4.78, 5) is 0. The van der Waals surface area contributed by atoms with Crippen LogP contribution in [0.3, 0.4) is 0 Å². The molecule has 0 amide bonds. The molecule has 2 heteroatoms.